The molecule has 1 aliphatic heterocycles. The van der Waals surface area contributed by atoms with Crippen molar-refractivity contribution in [2.24, 2.45) is 0 Å². The number of ether oxygens (including phenoxy) is 2. The number of esters is 2. The molecular weight excluding hydrogens is 470 g/mol. The molecule has 0 fully saturated rings. The van der Waals surface area contributed by atoms with Crippen molar-refractivity contribution in [3.05, 3.63) is 92.3 Å². The summed E-state index contributed by atoms with van der Waals surface area (Å²) in [6, 6.07) is 11.8. The number of aromatic hydroxyl groups is 1. The molecule has 1 amide bonds. The third-order valence-corrected chi connectivity index (χ3v) is 5.60. The maximum Gasteiger partial charge on any atom is 0.336 e. The lowest BCUT2D eigenvalue weighted by atomic mass is 9.79. The first kappa shape index (κ1) is 25.9. The van der Waals surface area contributed by atoms with Gasteiger partial charge < -0.3 is 25.2 Å². The van der Waals surface area contributed by atoms with Crippen LogP contribution < -0.4 is 10.6 Å². The summed E-state index contributed by atoms with van der Waals surface area (Å²) in [5, 5.41) is 27.0. The Bertz CT molecular complexity index is 1280. The number of nitro benzene ring substituents is 1. The van der Waals surface area contributed by atoms with Gasteiger partial charge in [-0.25, -0.2) is 9.59 Å². The zero-order valence-electron chi connectivity index (χ0n) is 19.9. The molecular formula is C25H25N3O8. The van der Waals surface area contributed by atoms with Crippen LogP contribution in [0.4, 0.5) is 5.69 Å². The standard InChI is InChI=1S/C25H25N3O8/c1-14-20(24(31)35-3)22(16-8-4-6-10-18(16)28(33)34)21(15(2)27-14)25(32)36-13-12-26-23(30)17-9-5-7-11-19(17)29/h4-11,22,27,29H,12-13H2,1-3H3,(H,26,30). The van der Waals surface area contributed by atoms with Crippen LogP contribution >= 0.6 is 0 Å². The molecule has 1 heterocycles. The molecule has 0 aromatic heterocycles. The van der Waals surface area contributed by atoms with Gasteiger partial charge in [0.25, 0.3) is 11.6 Å². The Balaban J connectivity index is 1.85. The summed E-state index contributed by atoms with van der Waals surface area (Å²) in [6.45, 7) is 2.91. The van der Waals surface area contributed by atoms with Crippen molar-refractivity contribution < 1.29 is 33.9 Å². The average molecular weight is 495 g/mol. The molecule has 3 rings (SSSR count). The molecule has 2 aromatic carbocycles. The molecule has 1 aliphatic rings. The van der Waals surface area contributed by atoms with E-state index in [1.165, 1.54) is 37.4 Å². The van der Waals surface area contributed by atoms with Crippen LogP contribution in [0.1, 0.15) is 35.7 Å². The number of nitrogens with one attached hydrogen (secondary N) is 2. The minimum atomic E-state index is -1.12. The second-order valence-corrected chi connectivity index (χ2v) is 7.85. The molecule has 2 aromatic rings. The highest BCUT2D eigenvalue weighted by Crippen LogP contribution is 2.42. The summed E-state index contributed by atoms with van der Waals surface area (Å²) in [5.41, 5.74) is 0.702. The zero-order valence-corrected chi connectivity index (χ0v) is 19.9. The number of phenolic OH excluding ortho intramolecular Hbond substituents is 1. The second kappa shape index (κ2) is 11.2. The predicted molar refractivity (Wildman–Crippen MR) is 128 cm³/mol. The van der Waals surface area contributed by atoms with E-state index in [4.69, 9.17) is 9.47 Å². The summed E-state index contributed by atoms with van der Waals surface area (Å²) in [5.74, 6) is -3.44. The van der Waals surface area contributed by atoms with Crippen molar-refractivity contribution in [1.82, 2.24) is 10.6 Å². The van der Waals surface area contributed by atoms with E-state index in [-0.39, 0.29) is 46.9 Å². The Kier molecular flexibility index (Phi) is 8.05. The zero-order chi connectivity index (χ0) is 26.4. The number of nitro groups is 1. The lowest BCUT2D eigenvalue weighted by Gasteiger charge is -2.30. The number of hydrogen-bond acceptors (Lipinski definition) is 9. The molecule has 11 heteroatoms. The summed E-state index contributed by atoms with van der Waals surface area (Å²) in [6.07, 6.45) is 0. The van der Waals surface area contributed by atoms with Gasteiger partial charge in [0, 0.05) is 23.0 Å². The summed E-state index contributed by atoms with van der Waals surface area (Å²) < 4.78 is 10.3. The quantitative estimate of drug-likeness (QED) is 0.217. The number of allylic oxidation sites excluding steroid dienone is 2. The highest BCUT2D eigenvalue weighted by Gasteiger charge is 2.40. The lowest BCUT2D eigenvalue weighted by Crippen LogP contribution is -2.33. The van der Waals surface area contributed by atoms with Gasteiger partial charge in [0.15, 0.2) is 0 Å². The molecule has 36 heavy (non-hydrogen) atoms. The first-order valence-corrected chi connectivity index (χ1v) is 10.9. The Morgan fingerprint density at radius 2 is 1.64 bits per heavy atom. The number of methoxy groups -OCH3 is 1. The normalized spacial score (nSPS) is 15.1. The Labute approximate surface area is 206 Å². The fourth-order valence-corrected chi connectivity index (χ4v) is 4.00. The van der Waals surface area contributed by atoms with Gasteiger partial charge in [-0.3, -0.25) is 14.9 Å². The number of carbonyl (C=O) groups is 3. The molecule has 1 atom stereocenters. The molecule has 0 radical (unpaired) electrons. The second-order valence-electron chi connectivity index (χ2n) is 7.85. The fraction of sp³-hybridized carbons (Fsp3) is 0.240. The van der Waals surface area contributed by atoms with Crippen LogP contribution in [0.2, 0.25) is 0 Å². The van der Waals surface area contributed by atoms with Gasteiger partial charge in [-0.15, -0.1) is 0 Å². The average Bonchev–Trinajstić information content (AvgIpc) is 2.85. The number of phenols is 1. The maximum atomic E-state index is 13.2. The van der Waals surface area contributed by atoms with Crippen molar-refractivity contribution in [3.8, 4) is 5.75 Å². The third-order valence-electron chi connectivity index (χ3n) is 5.60. The molecule has 0 saturated carbocycles. The van der Waals surface area contributed by atoms with Crippen LogP contribution in [0.15, 0.2) is 71.1 Å². The number of para-hydroxylation sites is 2. The van der Waals surface area contributed by atoms with Crippen LogP contribution in [-0.4, -0.2) is 48.1 Å². The Morgan fingerprint density at radius 3 is 2.28 bits per heavy atom. The topological polar surface area (TPSA) is 157 Å². The van der Waals surface area contributed by atoms with Crippen molar-refractivity contribution in [2.45, 2.75) is 19.8 Å². The first-order valence-electron chi connectivity index (χ1n) is 10.9. The number of hydrogen-bond donors (Lipinski definition) is 3. The van der Waals surface area contributed by atoms with E-state index in [2.05, 4.69) is 10.6 Å². The van der Waals surface area contributed by atoms with Crippen LogP contribution in [0.5, 0.6) is 5.75 Å². The van der Waals surface area contributed by atoms with Crippen LogP contribution in [0.25, 0.3) is 0 Å². The van der Waals surface area contributed by atoms with Crippen LogP contribution in [0.3, 0.4) is 0 Å². The number of rotatable bonds is 8. The van der Waals surface area contributed by atoms with Gasteiger partial charge >= 0.3 is 11.9 Å². The van der Waals surface area contributed by atoms with Crippen molar-refractivity contribution in [3.63, 3.8) is 0 Å². The van der Waals surface area contributed by atoms with Gasteiger partial charge in [-0.05, 0) is 26.0 Å². The number of amides is 1. The Hall–Kier alpha value is -4.67. The van der Waals surface area contributed by atoms with E-state index in [0.29, 0.717) is 11.4 Å². The van der Waals surface area contributed by atoms with E-state index >= 15 is 0 Å². The van der Waals surface area contributed by atoms with Gasteiger partial charge in [0.2, 0.25) is 0 Å². The number of dihydropyridines is 1. The minimum Gasteiger partial charge on any atom is -0.507 e. The molecule has 0 spiro atoms. The van der Waals surface area contributed by atoms with E-state index in [1.807, 2.05) is 0 Å². The highest BCUT2D eigenvalue weighted by molar-refractivity contribution is 6.00. The summed E-state index contributed by atoms with van der Waals surface area (Å²) in [7, 11) is 1.18. The van der Waals surface area contributed by atoms with Gasteiger partial charge in [-0.2, -0.15) is 0 Å². The highest BCUT2D eigenvalue weighted by atomic mass is 16.6. The molecule has 3 N–H and O–H groups in total. The van der Waals surface area contributed by atoms with Crippen LogP contribution in [0, 0.1) is 10.1 Å². The third kappa shape index (κ3) is 5.35. The van der Waals surface area contributed by atoms with Crippen molar-refractivity contribution >= 4 is 23.5 Å². The van der Waals surface area contributed by atoms with E-state index in [1.54, 1.807) is 32.0 Å². The summed E-state index contributed by atoms with van der Waals surface area (Å²) >= 11 is 0. The van der Waals surface area contributed by atoms with E-state index in [0.717, 1.165) is 0 Å². The SMILES string of the molecule is COC(=O)C1=C(C)NC(C)=C(C(=O)OCCNC(=O)c2ccccc2O)C1c1ccccc1[N+](=O)[O-]. The molecule has 0 bridgehead atoms. The molecule has 0 aliphatic carbocycles. The molecule has 0 saturated heterocycles. The van der Waals surface area contributed by atoms with E-state index < -0.39 is 28.7 Å². The fourth-order valence-electron chi connectivity index (χ4n) is 4.00. The van der Waals surface area contributed by atoms with Crippen LogP contribution in [-0.2, 0) is 19.1 Å². The van der Waals surface area contributed by atoms with Gasteiger partial charge in [-0.1, -0.05) is 30.3 Å². The molecule has 11 nitrogen and oxygen atoms in total. The van der Waals surface area contributed by atoms with Gasteiger partial charge in [0.05, 0.1) is 41.2 Å². The number of benzene rings is 2. The maximum absolute atomic E-state index is 13.2. The van der Waals surface area contributed by atoms with E-state index in [9.17, 15) is 29.6 Å². The van der Waals surface area contributed by atoms with Crippen molar-refractivity contribution in [2.75, 3.05) is 20.3 Å². The number of nitrogens with zero attached hydrogens (tertiary/aromatic N) is 1. The molecule has 188 valence electrons. The van der Waals surface area contributed by atoms with Crippen molar-refractivity contribution in [1.29, 1.82) is 0 Å². The lowest BCUT2D eigenvalue weighted by molar-refractivity contribution is -0.385. The molecule has 1 unspecified atom stereocenters. The minimum absolute atomic E-state index is 0.00216. The van der Waals surface area contributed by atoms with Gasteiger partial charge in [0.1, 0.15) is 12.4 Å². The summed E-state index contributed by atoms with van der Waals surface area (Å²) in [4.78, 5) is 49.3. The smallest absolute Gasteiger partial charge is 0.336 e. The Morgan fingerprint density at radius 1 is 1.03 bits per heavy atom. The largest absolute Gasteiger partial charge is 0.507 e. The number of carbonyl (C=O) groups excluding carboxylic acids is 3. The first-order chi connectivity index (χ1) is 17.2. The monoisotopic (exact) mass is 495 g/mol. The predicted octanol–water partition coefficient (Wildman–Crippen LogP) is 2.68.